The molecule has 3 heteroatoms. The first-order chi connectivity index (χ1) is 10.8. The fourth-order valence-corrected chi connectivity index (χ4v) is 3.47. The van der Waals surface area contributed by atoms with Crippen LogP contribution in [0.15, 0.2) is 72.8 Å². The van der Waals surface area contributed by atoms with Gasteiger partial charge in [-0.3, -0.25) is 0 Å². The van der Waals surface area contributed by atoms with Gasteiger partial charge in [0.1, 0.15) is 5.75 Å². The van der Waals surface area contributed by atoms with E-state index in [1.54, 1.807) is 0 Å². The zero-order valence-corrected chi connectivity index (χ0v) is 17.1. The first kappa shape index (κ1) is 16.3. The number of benzene rings is 4. The second-order valence-electron chi connectivity index (χ2n) is 5.68. The van der Waals surface area contributed by atoms with Crippen molar-refractivity contribution in [3.05, 3.63) is 72.8 Å². The molecule has 112 valence electrons. The lowest BCUT2D eigenvalue weighted by Gasteiger charge is -2.14. The van der Waals surface area contributed by atoms with E-state index in [-0.39, 0.29) is 24.0 Å². The van der Waals surface area contributed by atoms with Crippen LogP contribution in [0.4, 0.5) is 0 Å². The molecule has 0 saturated carbocycles. The van der Waals surface area contributed by atoms with Crippen LogP contribution in [0.25, 0.3) is 32.7 Å². The van der Waals surface area contributed by atoms with Gasteiger partial charge < -0.3 is 5.11 Å². The van der Waals surface area contributed by atoms with Gasteiger partial charge in [-0.25, -0.2) is 0 Å². The van der Waals surface area contributed by atoms with Crippen LogP contribution in [0.5, 0.6) is 5.75 Å². The molecule has 4 aromatic carbocycles. The maximum Gasteiger partial charge on any atom is 0.258 e. The predicted octanol–water partition coefficient (Wildman–Crippen LogP) is 4.24. The molecule has 0 bridgehead atoms. The first-order valence-corrected chi connectivity index (χ1v) is 8.45. The molecule has 1 nitrogen and oxygen atoms in total. The molecule has 0 aromatic heterocycles. The lowest BCUT2D eigenvalue weighted by atomic mass is 9.91. The van der Waals surface area contributed by atoms with Gasteiger partial charge >= 0.3 is 0 Å². The number of phenols is 1. The molecule has 0 aliphatic carbocycles. The smallest absolute Gasteiger partial charge is 0.258 e. The largest absolute Gasteiger partial charge is 0.507 e. The lowest BCUT2D eigenvalue weighted by molar-refractivity contribution is 0.488. The van der Waals surface area contributed by atoms with E-state index in [0.717, 1.165) is 37.8 Å². The Kier molecular flexibility index (Phi) is 4.63. The number of fused-ring (bicyclic) bond motifs is 2. The number of hydrogen-bond donors (Lipinski definition) is 1. The van der Waals surface area contributed by atoms with Crippen molar-refractivity contribution in [3.8, 4) is 16.9 Å². The molecular formula is C20H16AlIO. The standard InChI is InChI=1S/C20H13O.Al.HI.2H/c21-20-17-12-6-4-10-15(17)19(14-8-2-1-3-9-14)16-11-5-7-13-18(16)20;;;;/h2-13,21H;;1H;;. The Morgan fingerprint density at radius 3 is 1.52 bits per heavy atom. The Bertz CT molecular complexity index is 936. The van der Waals surface area contributed by atoms with Crippen LogP contribution < -0.4 is 4.43 Å². The molecule has 0 heterocycles. The van der Waals surface area contributed by atoms with Gasteiger partial charge in [0.05, 0.1) is 0 Å². The van der Waals surface area contributed by atoms with Crippen LogP contribution >= 0.6 is 24.0 Å². The third-order valence-electron chi connectivity index (χ3n) is 4.24. The highest BCUT2D eigenvalue weighted by atomic mass is 127. The molecule has 0 amide bonds. The van der Waals surface area contributed by atoms with Gasteiger partial charge in [0, 0.05) is 10.8 Å². The maximum atomic E-state index is 10.6. The molecule has 4 rings (SSSR count). The summed E-state index contributed by atoms with van der Waals surface area (Å²) in [5.74, 6) is 0.370. The molecule has 0 saturated heterocycles. The zero-order valence-electron chi connectivity index (χ0n) is 12.8. The molecule has 0 spiro atoms. The molecule has 1 N–H and O–H groups in total. The average Bonchev–Trinajstić information content (AvgIpc) is 2.57. The average molecular weight is 426 g/mol. The molecule has 4 aromatic rings. The number of rotatable bonds is 1. The van der Waals surface area contributed by atoms with Crippen LogP contribution in [-0.2, 0) is 0 Å². The second kappa shape index (κ2) is 6.53. The van der Waals surface area contributed by atoms with E-state index in [1.165, 1.54) is 15.6 Å². The Labute approximate surface area is 160 Å². The summed E-state index contributed by atoms with van der Waals surface area (Å²) in [5.41, 5.74) is 2.40. The molecule has 0 fully saturated rings. The highest BCUT2D eigenvalue weighted by molar-refractivity contribution is 14.0. The van der Waals surface area contributed by atoms with E-state index >= 15 is 0 Å². The lowest BCUT2D eigenvalue weighted by Crippen LogP contribution is -1.99. The summed E-state index contributed by atoms with van der Waals surface area (Å²) < 4.78 is 1.39. The van der Waals surface area contributed by atoms with E-state index in [0.29, 0.717) is 5.75 Å². The van der Waals surface area contributed by atoms with Gasteiger partial charge in [-0.2, -0.15) is 0 Å². The molecule has 23 heavy (non-hydrogen) atoms. The van der Waals surface area contributed by atoms with E-state index in [2.05, 4.69) is 36.4 Å². The summed E-state index contributed by atoms with van der Waals surface area (Å²) in [6.07, 6.45) is 0. The summed E-state index contributed by atoms with van der Waals surface area (Å²) in [6.45, 7) is 0. The van der Waals surface area contributed by atoms with Gasteiger partial charge in [0.2, 0.25) is 0 Å². The van der Waals surface area contributed by atoms with Crippen LogP contribution in [0, 0.1) is 0 Å². The Morgan fingerprint density at radius 2 is 1.04 bits per heavy atom. The van der Waals surface area contributed by atoms with Crippen molar-refractivity contribution in [1.82, 2.24) is 0 Å². The third-order valence-corrected chi connectivity index (χ3v) is 4.91. The van der Waals surface area contributed by atoms with Crippen molar-refractivity contribution < 1.29 is 5.11 Å². The fraction of sp³-hybridized carbons (Fsp3) is 0. The summed E-state index contributed by atoms with van der Waals surface area (Å²) in [7, 11) is 0. The first-order valence-electron chi connectivity index (χ1n) is 7.45. The highest BCUT2D eigenvalue weighted by Gasteiger charge is 2.13. The number of halogens is 1. The predicted molar refractivity (Wildman–Crippen MR) is 112 cm³/mol. The molecular weight excluding hydrogens is 410 g/mol. The van der Waals surface area contributed by atoms with Crippen molar-refractivity contribution >= 4 is 66.2 Å². The van der Waals surface area contributed by atoms with Crippen LogP contribution in [0.1, 0.15) is 0 Å². The maximum absolute atomic E-state index is 10.6. The number of phenolic OH excluding ortho intramolecular Hbond substituents is 1. The van der Waals surface area contributed by atoms with E-state index in [4.69, 9.17) is 0 Å². The third kappa shape index (κ3) is 2.74. The molecule has 0 atom stereocenters. The fourth-order valence-electron chi connectivity index (χ4n) is 3.14. The van der Waals surface area contributed by atoms with Gasteiger partial charge in [0.25, 0.3) is 16.3 Å². The molecule has 0 unspecified atom stereocenters. The van der Waals surface area contributed by atoms with E-state index in [9.17, 15) is 5.11 Å². The minimum Gasteiger partial charge on any atom is -0.507 e. The Morgan fingerprint density at radius 1 is 0.609 bits per heavy atom. The summed E-state index contributed by atoms with van der Waals surface area (Å²) in [5, 5.41) is 14.6. The SMILES string of the molecule is I.Oc1c2ccccc2c(-c2cc[c]([AlH2])cc2)c2ccccc12. The van der Waals surface area contributed by atoms with Gasteiger partial charge in [-0.05, 0) is 21.9 Å². The Balaban J connectivity index is 0.00000156. The van der Waals surface area contributed by atoms with Crippen LogP contribution in [0.2, 0.25) is 0 Å². The van der Waals surface area contributed by atoms with Gasteiger partial charge in [-0.15, -0.1) is 28.4 Å². The zero-order chi connectivity index (χ0) is 15.1. The molecule has 0 aliphatic heterocycles. The normalized spacial score (nSPS) is 10.6. The topological polar surface area (TPSA) is 20.2 Å². The van der Waals surface area contributed by atoms with Crippen molar-refractivity contribution in [3.63, 3.8) is 0 Å². The van der Waals surface area contributed by atoms with Crippen LogP contribution in [0.3, 0.4) is 0 Å². The monoisotopic (exact) mass is 426 g/mol. The number of aromatic hydroxyl groups is 1. The Hall–Kier alpha value is -1.54. The van der Waals surface area contributed by atoms with Crippen molar-refractivity contribution in [2.24, 2.45) is 0 Å². The van der Waals surface area contributed by atoms with Gasteiger partial charge in [-0.1, -0.05) is 72.8 Å². The molecule has 0 radical (unpaired) electrons. The minimum atomic E-state index is 0. The highest BCUT2D eigenvalue weighted by Crippen LogP contribution is 2.41. The second-order valence-corrected chi connectivity index (χ2v) is 6.84. The molecule has 0 aliphatic rings. The van der Waals surface area contributed by atoms with Crippen LogP contribution in [-0.4, -0.2) is 21.4 Å². The van der Waals surface area contributed by atoms with E-state index in [1.807, 2.05) is 36.4 Å². The van der Waals surface area contributed by atoms with E-state index < -0.39 is 0 Å². The summed E-state index contributed by atoms with van der Waals surface area (Å²) in [6, 6.07) is 24.9. The van der Waals surface area contributed by atoms with Crippen molar-refractivity contribution in [2.75, 3.05) is 0 Å². The number of hydrogen-bond acceptors (Lipinski definition) is 1. The minimum absolute atomic E-state index is 0. The summed E-state index contributed by atoms with van der Waals surface area (Å²) in [4.78, 5) is 0. The quantitative estimate of drug-likeness (QED) is 0.274. The van der Waals surface area contributed by atoms with Crippen molar-refractivity contribution in [2.45, 2.75) is 0 Å². The van der Waals surface area contributed by atoms with Crippen molar-refractivity contribution in [1.29, 1.82) is 0 Å². The summed E-state index contributed by atoms with van der Waals surface area (Å²) >= 11 is 1.06. The van der Waals surface area contributed by atoms with Gasteiger partial charge in [0.15, 0.2) is 0 Å².